The van der Waals surface area contributed by atoms with Crippen molar-refractivity contribution < 1.29 is 0 Å². The van der Waals surface area contributed by atoms with Crippen LogP contribution < -0.4 is 11.1 Å². The number of aliphatic imine (C=N–C) groups is 1. The van der Waals surface area contributed by atoms with Gasteiger partial charge in [-0.15, -0.1) is 0 Å². The first-order valence-corrected chi connectivity index (χ1v) is 7.36. The molecule has 3 N–H and O–H groups in total. The summed E-state index contributed by atoms with van der Waals surface area (Å²) in [5.74, 6) is 1.50. The highest BCUT2D eigenvalue weighted by molar-refractivity contribution is 5.77. The zero-order valence-electron chi connectivity index (χ0n) is 12.3. The summed E-state index contributed by atoms with van der Waals surface area (Å²) in [6, 6.07) is 0.365. The predicted molar refractivity (Wildman–Crippen MR) is 78.8 cm³/mol. The summed E-state index contributed by atoms with van der Waals surface area (Å²) < 4.78 is 0. The second-order valence-electron chi connectivity index (χ2n) is 5.80. The van der Waals surface area contributed by atoms with Crippen LogP contribution in [0.2, 0.25) is 0 Å². The third kappa shape index (κ3) is 6.84. The van der Waals surface area contributed by atoms with E-state index >= 15 is 0 Å². The molecule has 0 atom stereocenters. The van der Waals surface area contributed by atoms with Crippen molar-refractivity contribution in [2.75, 3.05) is 26.2 Å². The molecule has 0 unspecified atom stereocenters. The van der Waals surface area contributed by atoms with Gasteiger partial charge in [-0.1, -0.05) is 6.92 Å². The Morgan fingerprint density at radius 2 is 2.00 bits per heavy atom. The standard InChI is InChI=1S/C14H30N4/c1-12(2)17-14(15)16-8-4-5-9-18-10-6-13(3)7-11-18/h12-13H,4-11H2,1-3H3,(H3,15,16,17). The van der Waals surface area contributed by atoms with Gasteiger partial charge in [0.2, 0.25) is 0 Å². The van der Waals surface area contributed by atoms with Crippen molar-refractivity contribution in [2.45, 2.75) is 52.5 Å². The number of guanidine groups is 1. The van der Waals surface area contributed by atoms with E-state index in [9.17, 15) is 0 Å². The van der Waals surface area contributed by atoms with Gasteiger partial charge in [0.1, 0.15) is 0 Å². The van der Waals surface area contributed by atoms with Crippen molar-refractivity contribution in [2.24, 2.45) is 16.6 Å². The van der Waals surface area contributed by atoms with Gasteiger partial charge >= 0.3 is 0 Å². The average molecular weight is 254 g/mol. The monoisotopic (exact) mass is 254 g/mol. The topological polar surface area (TPSA) is 53.6 Å². The van der Waals surface area contributed by atoms with Crippen LogP contribution in [0.1, 0.15) is 46.5 Å². The zero-order valence-corrected chi connectivity index (χ0v) is 12.3. The summed E-state index contributed by atoms with van der Waals surface area (Å²) in [4.78, 5) is 6.91. The molecule has 0 aromatic rings. The van der Waals surface area contributed by atoms with E-state index < -0.39 is 0 Å². The SMILES string of the molecule is CC1CCN(CCCCN=C(N)NC(C)C)CC1. The number of likely N-dealkylation sites (tertiary alicyclic amines) is 1. The van der Waals surface area contributed by atoms with E-state index in [-0.39, 0.29) is 0 Å². The van der Waals surface area contributed by atoms with Crippen LogP contribution in [0.3, 0.4) is 0 Å². The number of nitrogens with two attached hydrogens (primary N) is 1. The largest absolute Gasteiger partial charge is 0.370 e. The third-order valence-corrected chi connectivity index (χ3v) is 3.48. The van der Waals surface area contributed by atoms with Gasteiger partial charge in [0, 0.05) is 12.6 Å². The van der Waals surface area contributed by atoms with Crippen molar-refractivity contribution in [3.63, 3.8) is 0 Å². The molecule has 4 heteroatoms. The number of nitrogens with one attached hydrogen (secondary N) is 1. The fourth-order valence-corrected chi connectivity index (χ4v) is 2.27. The van der Waals surface area contributed by atoms with Gasteiger partial charge in [-0.3, -0.25) is 4.99 Å². The van der Waals surface area contributed by atoms with Crippen molar-refractivity contribution in [3.8, 4) is 0 Å². The molecule has 0 aromatic carbocycles. The van der Waals surface area contributed by atoms with Gasteiger partial charge in [0.05, 0.1) is 0 Å². The molecule has 0 spiro atoms. The Morgan fingerprint density at radius 1 is 1.33 bits per heavy atom. The van der Waals surface area contributed by atoms with Crippen LogP contribution in [-0.4, -0.2) is 43.1 Å². The fourth-order valence-electron chi connectivity index (χ4n) is 2.27. The van der Waals surface area contributed by atoms with Crippen LogP contribution in [0.15, 0.2) is 4.99 Å². The molecule has 0 radical (unpaired) electrons. The van der Waals surface area contributed by atoms with Gasteiger partial charge in [0.25, 0.3) is 0 Å². The molecule has 1 saturated heterocycles. The minimum Gasteiger partial charge on any atom is -0.370 e. The summed E-state index contributed by atoms with van der Waals surface area (Å²) >= 11 is 0. The maximum absolute atomic E-state index is 5.74. The second-order valence-corrected chi connectivity index (χ2v) is 5.80. The first kappa shape index (κ1) is 15.3. The smallest absolute Gasteiger partial charge is 0.188 e. The van der Waals surface area contributed by atoms with Gasteiger partial charge in [-0.2, -0.15) is 0 Å². The normalized spacial score (nSPS) is 19.4. The number of hydrogen-bond acceptors (Lipinski definition) is 2. The molecule has 18 heavy (non-hydrogen) atoms. The number of unbranched alkanes of at least 4 members (excludes halogenated alkanes) is 1. The molecule has 1 fully saturated rings. The highest BCUT2D eigenvalue weighted by atomic mass is 15.1. The van der Waals surface area contributed by atoms with E-state index in [1.54, 1.807) is 0 Å². The number of rotatable bonds is 6. The van der Waals surface area contributed by atoms with Crippen LogP contribution >= 0.6 is 0 Å². The van der Waals surface area contributed by atoms with Gasteiger partial charge in [-0.25, -0.2) is 0 Å². The maximum Gasteiger partial charge on any atom is 0.188 e. The van der Waals surface area contributed by atoms with E-state index in [0.717, 1.165) is 18.9 Å². The Morgan fingerprint density at radius 3 is 2.61 bits per heavy atom. The van der Waals surface area contributed by atoms with Gasteiger partial charge in [-0.05, 0) is 65.1 Å². The first-order chi connectivity index (χ1) is 8.58. The summed E-state index contributed by atoms with van der Waals surface area (Å²) in [7, 11) is 0. The number of piperidine rings is 1. The Hall–Kier alpha value is -0.770. The third-order valence-electron chi connectivity index (χ3n) is 3.48. The quantitative estimate of drug-likeness (QED) is 0.432. The van der Waals surface area contributed by atoms with Crippen molar-refractivity contribution in [1.29, 1.82) is 0 Å². The van der Waals surface area contributed by atoms with Crippen LogP contribution in [0.5, 0.6) is 0 Å². The lowest BCUT2D eigenvalue weighted by Gasteiger charge is -2.30. The number of hydrogen-bond donors (Lipinski definition) is 2. The molecule has 106 valence electrons. The van der Waals surface area contributed by atoms with Crippen LogP contribution in [0.25, 0.3) is 0 Å². The van der Waals surface area contributed by atoms with Crippen LogP contribution in [-0.2, 0) is 0 Å². The molecule has 1 aliphatic heterocycles. The zero-order chi connectivity index (χ0) is 13.4. The summed E-state index contributed by atoms with van der Waals surface area (Å²) in [6.45, 7) is 11.1. The molecule has 0 bridgehead atoms. The summed E-state index contributed by atoms with van der Waals surface area (Å²) in [5, 5.41) is 3.11. The Labute approximate surface area is 112 Å². The molecule has 0 aromatic heterocycles. The van der Waals surface area contributed by atoms with E-state index in [1.807, 2.05) is 0 Å². The molecule has 1 aliphatic rings. The van der Waals surface area contributed by atoms with E-state index in [4.69, 9.17) is 5.73 Å². The second kappa shape index (κ2) is 8.35. The molecule has 0 saturated carbocycles. The maximum atomic E-state index is 5.74. The molecule has 1 rings (SSSR count). The fraction of sp³-hybridized carbons (Fsp3) is 0.929. The molecule has 0 amide bonds. The van der Waals surface area contributed by atoms with E-state index in [2.05, 4.69) is 36.0 Å². The Bertz CT molecular complexity index is 242. The minimum absolute atomic E-state index is 0.365. The lowest BCUT2D eigenvalue weighted by molar-refractivity contribution is 0.190. The van der Waals surface area contributed by atoms with Gasteiger partial charge in [0.15, 0.2) is 5.96 Å². The molecular weight excluding hydrogens is 224 g/mol. The minimum atomic E-state index is 0.365. The van der Waals surface area contributed by atoms with E-state index in [0.29, 0.717) is 12.0 Å². The van der Waals surface area contributed by atoms with Crippen LogP contribution in [0.4, 0.5) is 0 Å². The highest BCUT2D eigenvalue weighted by Crippen LogP contribution is 2.16. The van der Waals surface area contributed by atoms with Crippen LogP contribution in [0, 0.1) is 5.92 Å². The lowest BCUT2D eigenvalue weighted by atomic mass is 9.99. The lowest BCUT2D eigenvalue weighted by Crippen LogP contribution is -2.36. The van der Waals surface area contributed by atoms with Gasteiger partial charge < -0.3 is 16.0 Å². The number of nitrogens with zero attached hydrogens (tertiary/aromatic N) is 2. The average Bonchev–Trinajstić information content (AvgIpc) is 2.30. The first-order valence-electron chi connectivity index (χ1n) is 7.36. The molecular formula is C14H30N4. The Kier molecular flexibility index (Phi) is 7.09. The van der Waals surface area contributed by atoms with Crippen molar-refractivity contribution in [1.82, 2.24) is 10.2 Å². The van der Waals surface area contributed by atoms with E-state index in [1.165, 1.54) is 38.9 Å². The summed E-state index contributed by atoms with van der Waals surface area (Å²) in [6.07, 6.45) is 5.09. The Balaban J connectivity index is 2.01. The molecule has 1 heterocycles. The van der Waals surface area contributed by atoms with Crippen molar-refractivity contribution >= 4 is 5.96 Å². The molecule has 4 nitrogen and oxygen atoms in total. The molecule has 0 aliphatic carbocycles. The highest BCUT2D eigenvalue weighted by Gasteiger charge is 2.14. The predicted octanol–water partition coefficient (Wildman–Crippen LogP) is 1.81. The summed E-state index contributed by atoms with van der Waals surface area (Å²) in [5.41, 5.74) is 5.74. The van der Waals surface area contributed by atoms with Crippen molar-refractivity contribution in [3.05, 3.63) is 0 Å².